The largest absolute Gasteiger partial charge is 0.378 e. The number of hydrogen-bond donors (Lipinski definition) is 1. The monoisotopic (exact) mass is 685 g/mol. The molecule has 0 aromatic carbocycles. The number of rotatable bonds is 24. The highest BCUT2D eigenvalue weighted by Crippen LogP contribution is 2.19. The summed E-state index contributed by atoms with van der Waals surface area (Å²) in [5.41, 5.74) is 0.725. The number of nitrogens with zero attached hydrogens (tertiary/aromatic N) is 2. The van der Waals surface area contributed by atoms with Gasteiger partial charge in [0.1, 0.15) is 28.6 Å². The second-order valence-electron chi connectivity index (χ2n) is 12.1. The Morgan fingerprint density at radius 1 is 0.755 bits per heavy atom. The molecule has 1 unspecified atom stereocenters. The number of Topliss-reactive ketones (excluding diaryl/α,β-unsaturated/α-hetero) is 4. The lowest BCUT2D eigenvalue weighted by Crippen LogP contribution is -2.58. The Labute approximate surface area is 293 Å². The van der Waals surface area contributed by atoms with Gasteiger partial charge in [-0.2, -0.15) is 0 Å². The van der Waals surface area contributed by atoms with Crippen molar-refractivity contribution in [3.8, 4) is 11.3 Å². The van der Waals surface area contributed by atoms with Crippen LogP contribution in [0.2, 0.25) is 0 Å². The lowest BCUT2D eigenvalue weighted by Gasteiger charge is -2.34. The fourth-order valence-corrected chi connectivity index (χ4v) is 4.41. The van der Waals surface area contributed by atoms with E-state index >= 15 is 0 Å². The van der Waals surface area contributed by atoms with E-state index in [0.29, 0.717) is 29.8 Å². The third kappa shape index (κ3) is 15.6. The highest BCUT2D eigenvalue weighted by atomic mass is 16.5. The van der Waals surface area contributed by atoms with E-state index in [2.05, 4.69) is 15.3 Å². The Kier molecular flexibility index (Phi) is 20.9. The maximum atomic E-state index is 13.6. The molecule has 11 heteroatoms. The van der Waals surface area contributed by atoms with Crippen molar-refractivity contribution in [1.29, 1.82) is 0 Å². The van der Waals surface area contributed by atoms with Crippen LogP contribution in [0.1, 0.15) is 116 Å². The van der Waals surface area contributed by atoms with Gasteiger partial charge in [0.2, 0.25) is 0 Å². The zero-order chi connectivity index (χ0) is 36.8. The fourth-order valence-electron chi connectivity index (χ4n) is 4.41. The number of ether oxygens (including phenoxy) is 3. The molecular formula is C38H59N3O8. The molecule has 0 aliphatic rings. The lowest BCUT2D eigenvalue weighted by atomic mass is 10.0. The fraction of sp³-hybridized carbons (Fsp3) is 0.605. The minimum atomic E-state index is -1.19. The summed E-state index contributed by atoms with van der Waals surface area (Å²) in [6, 6.07) is 6.74. The van der Waals surface area contributed by atoms with Gasteiger partial charge in [-0.05, 0) is 30.7 Å². The first-order valence-corrected chi connectivity index (χ1v) is 17.5. The molecule has 0 saturated heterocycles. The van der Waals surface area contributed by atoms with Gasteiger partial charge in [-0.15, -0.1) is 0 Å². The van der Waals surface area contributed by atoms with E-state index in [4.69, 9.17) is 14.2 Å². The van der Waals surface area contributed by atoms with E-state index in [1.165, 1.54) is 6.20 Å². The molecule has 0 aliphatic heterocycles. The molecule has 0 spiro atoms. The standard InChI is InChI=1S/C36H51N3O8.C2H6.H2/c1-7-26(6)33(42)16-19-47-24-36(22-45-17-14-29(40)8-2,23-46-18-15-30(41)9-3)39-35(44)28-11-12-31(37-21-28)27-10-13-32(38-20-27)34(43)25(4)5;1-2;/h10-13,20-21,25-26H,7-9,14-19,22-24H2,1-6H3,(H,39,44);1-2H3;1H. The SMILES string of the molecule is CC.CCC(=O)CCOCC(COCCC(=O)CC)(COCCC(=O)C(C)CC)NC(=O)c1ccc(-c2ccc(C(=O)C(C)C)nc2)nc1.[HH]. The molecule has 2 aromatic rings. The molecule has 1 amide bonds. The van der Waals surface area contributed by atoms with Gasteiger partial charge >= 0.3 is 0 Å². The Morgan fingerprint density at radius 2 is 1.31 bits per heavy atom. The number of ketones is 4. The van der Waals surface area contributed by atoms with Gasteiger partial charge in [0.15, 0.2) is 5.78 Å². The van der Waals surface area contributed by atoms with E-state index in [0.717, 1.165) is 6.42 Å². The molecule has 0 bridgehead atoms. The summed E-state index contributed by atoms with van der Waals surface area (Å²) in [6.07, 6.45) is 5.22. The Balaban J connectivity index is 0.00000785. The predicted molar refractivity (Wildman–Crippen MR) is 192 cm³/mol. The second kappa shape index (κ2) is 23.6. The molecule has 0 radical (unpaired) electrons. The number of hydrogen-bond acceptors (Lipinski definition) is 10. The highest BCUT2D eigenvalue weighted by Gasteiger charge is 2.34. The molecule has 274 valence electrons. The van der Waals surface area contributed by atoms with E-state index < -0.39 is 11.4 Å². The average Bonchev–Trinajstić information content (AvgIpc) is 3.13. The molecule has 0 aliphatic carbocycles. The van der Waals surface area contributed by atoms with Crippen molar-refractivity contribution in [2.75, 3.05) is 39.6 Å². The van der Waals surface area contributed by atoms with Gasteiger partial charge in [-0.3, -0.25) is 33.9 Å². The van der Waals surface area contributed by atoms with Gasteiger partial charge < -0.3 is 19.5 Å². The summed E-state index contributed by atoms with van der Waals surface area (Å²) in [6.45, 7) is 15.4. The smallest absolute Gasteiger partial charge is 0.253 e. The number of carbonyl (C=O) groups is 5. The van der Waals surface area contributed by atoms with Gasteiger partial charge in [0.25, 0.3) is 5.91 Å². The zero-order valence-corrected chi connectivity index (χ0v) is 30.8. The summed E-state index contributed by atoms with van der Waals surface area (Å²) in [5, 5.41) is 3.00. The average molecular weight is 686 g/mol. The molecule has 2 heterocycles. The maximum absolute atomic E-state index is 13.6. The van der Waals surface area contributed by atoms with Crippen LogP contribution in [0.5, 0.6) is 0 Å². The van der Waals surface area contributed by atoms with Crippen LogP contribution in [0.15, 0.2) is 36.7 Å². The molecule has 1 atom stereocenters. The third-order valence-corrected chi connectivity index (χ3v) is 7.87. The summed E-state index contributed by atoms with van der Waals surface area (Å²) in [4.78, 5) is 70.7. The topological polar surface area (TPSA) is 151 Å². The van der Waals surface area contributed by atoms with Crippen molar-refractivity contribution >= 4 is 29.0 Å². The van der Waals surface area contributed by atoms with Gasteiger partial charge in [-0.1, -0.05) is 55.4 Å². The summed E-state index contributed by atoms with van der Waals surface area (Å²) < 4.78 is 17.7. The van der Waals surface area contributed by atoms with Crippen LogP contribution < -0.4 is 5.32 Å². The molecule has 0 fully saturated rings. The van der Waals surface area contributed by atoms with Crippen LogP contribution in [-0.4, -0.2) is 84.2 Å². The Hall–Kier alpha value is -3.67. The first kappa shape index (κ1) is 43.4. The predicted octanol–water partition coefficient (Wildman–Crippen LogP) is 6.52. The third-order valence-electron chi connectivity index (χ3n) is 7.87. The first-order chi connectivity index (χ1) is 23.4. The van der Waals surface area contributed by atoms with Crippen LogP contribution >= 0.6 is 0 Å². The molecule has 49 heavy (non-hydrogen) atoms. The molecule has 1 N–H and O–H groups in total. The maximum Gasteiger partial charge on any atom is 0.253 e. The number of amides is 1. The number of nitrogens with one attached hydrogen (secondary N) is 1. The minimum absolute atomic E-state index is 0. The Bertz CT molecular complexity index is 1290. The van der Waals surface area contributed by atoms with Crippen LogP contribution in [0, 0.1) is 11.8 Å². The summed E-state index contributed by atoms with van der Waals surface area (Å²) in [5.74, 6) is -0.550. The van der Waals surface area contributed by atoms with Gasteiger partial charge in [0.05, 0.1) is 50.9 Å². The number of carbonyl (C=O) groups excluding carboxylic acids is 5. The molecule has 11 nitrogen and oxygen atoms in total. The zero-order valence-electron chi connectivity index (χ0n) is 30.8. The van der Waals surface area contributed by atoms with E-state index in [1.54, 1.807) is 44.3 Å². The second-order valence-corrected chi connectivity index (χ2v) is 12.1. The van der Waals surface area contributed by atoms with Crippen molar-refractivity contribution in [2.45, 2.75) is 99.5 Å². The van der Waals surface area contributed by atoms with Crippen molar-refractivity contribution < 1.29 is 39.6 Å². The number of aromatic nitrogens is 2. The molecule has 2 aromatic heterocycles. The molecular weight excluding hydrogens is 626 g/mol. The Morgan fingerprint density at radius 3 is 1.73 bits per heavy atom. The normalized spacial score (nSPS) is 11.8. The van der Waals surface area contributed by atoms with Crippen molar-refractivity contribution in [3.05, 3.63) is 47.9 Å². The molecule has 0 saturated carbocycles. The van der Waals surface area contributed by atoms with E-state index in [9.17, 15) is 24.0 Å². The van der Waals surface area contributed by atoms with Crippen molar-refractivity contribution in [2.24, 2.45) is 11.8 Å². The van der Waals surface area contributed by atoms with Crippen LogP contribution in [0.25, 0.3) is 11.3 Å². The van der Waals surface area contributed by atoms with Crippen LogP contribution in [-0.2, 0) is 28.6 Å². The van der Waals surface area contributed by atoms with Crippen LogP contribution in [0.4, 0.5) is 0 Å². The lowest BCUT2D eigenvalue weighted by molar-refractivity contribution is -0.124. The summed E-state index contributed by atoms with van der Waals surface area (Å²) >= 11 is 0. The van der Waals surface area contributed by atoms with Crippen molar-refractivity contribution in [3.63, 3.8) is 0 Å². The van der Waals surface area contributed by atoms with Gasteiger partial charge in [-0.25, -0.2) is 0 Å². The van der Waals surface area contributed by atoms with Gasteiger partial charge in [0, 0.05) is 63.3 Å². The first-order valence-electron chi connectivity index (χ1n) is 17.5. The minimum Gasteiger partial charge on any atom is -0.378 e. The molecule has 2 rings (SSSR count). The van der Waals surface area contributed by atoms with Crippen molar-refractivity contribution in [1.82, 2.24) is 15.3 Å². The highest BCUT2D eigenvalue weighted by molar-refractivity contribution is 5.96. The van der Waals surface area contributed by atoms with E-state index in [1.807, 2.05) is 41.5 Å². The van der Waals surface area contributed by atoms with Crippen LogP contribution in [0.3, 0.4) is 0 Å². The number of pyridine rings is 2. The van der Waals surface area contributed by atoms with E-state index in [-0.39, 0.29) is 101 Å². The summed E-state index contributed by atoms with van der Waals surface area (Å²) in [7, 11) is 0. The quantitative estimate of drug-likeness (QED) is 0.0956.